The molecule has 18 heavy (non-hydrogen) atoms. The highest BCUT2D eigenvalue weighted by molar-refractivity contribution is 6.42. The minimum atomic E-state index is -0.652. The lowest BCUT2D eigenvalue weighted by Crippen LogP contribution is -1.94. The van der Waals surface area contributed by atoms with Gasteiger partial charge in [-0.15, -0.1) is 0 Å². The summed E-state index contributed by atoms with van der Waals surface area (Å²) in [5.41, 5.74) is -0.159. The first-order chi connectivity index (χ1) is 8.63. The van der Waals surface area contributed by atoms with Crippen LogP contribution in [0.15, 0.2) is 36.4 Å². The van der Waals surface area contributed by atoms with Crippen molar-refractivity contribution in [3.05, 3.63) is 57.8 Å². The molecular weight excluding hydrogens is 278 g/mol. The number of rotatable bonds is 3. The van der Waals surface area contributed by atoms with Crippen molar-refractivity contribution < 1.29 is 13.9 Å². The topological polar surface area (TPSA) is 26.3 Å². The Balaban J connectivity index is 2.43. The number of aldehydes is 1. The number of benzene rings is 2. The first-order valence-corrected chi connectivity index (χ1v) is 5.74. The molecule has 2 aromatic rings. The van der Waals surface area contributed by atoms with Gasteiger partial charge in [-0.1, -0.05) is 35.3 Å². The van der Waals surface area contributed by atoms with E-state index >= 15 is 0 Å². The van der Waals surface area contributed by atoms with Gasteiger partial charge in [0.05, 0.1) is 10.6 Å². The van der Waals surface area contributed by atoms with Crippen molar-refractivity contribution in [3.63, 3.8) is 0 Å². The fraction of sp³-hybridized carbons (Fsp3) is 0. The molecule has 92 valence electrons. The number of halogens is 3. The molecular formula is C13H7Cl2FO2. The van der Waals surface area contributed by atoms with E-state index in [0.717, 1.165) is 0 Å². The molecule has 2 aromatic carbocycles. The van der Waals surface area contributed by atoms with Gasteiger partial charge in [0.25, 0.3) is 0 Å². The molecule has 0 saturated heterocycles. The second-order valence-corrected chi connectivity index (χ2v) is 4.21. The van der Waals surface area contributed by atoms with Gasteiger partial charge >= 0.3 is 0 Å². The molecule has 0 N–H and O–H groups in total. The Morgan fingerprint density at radius 3 is 2.44 bits per heavy atom. The highest BCUT2D eigenvalue weighted by Gasteiger charge is 2.12. The second-order valence-electron chi connectivity index (χ2n) is 3.42. The Morgan fingerprint density at radius 1 is 1.06 bits per heavy atom. The summed E-state index contributed by atoms with van der Waals surface area (Å²) >= 11 is 11.8. The average molecular weight is 285 g/mol. The predicted octanol–water partition coefficient (Wildman–Crippen LogP) is 4.74. The molecule has 2 nitrogen and oxygen atoms in total. The van der Waals surface area contributed by atoms with Gasteiger partial charge in [0.1, 0.15) is 22.3 Å². The molecule has 0 aliphatic rings. The molecule has 0 saturated carbocycles. The van der Waals surface area contributed by atoms with Crippen LogP contribution in [0.1, 0.15) is 10.4 Å². The van der Waals surface area contributed by atoms with Gasteiger partial charge in [-0.25, -0.2) is 4.39 Å². The number of carbonyl (C=O) groups is 1. The van der Waals surface area contributed by atoms with Crippen molar-refractivity contribution in [2.45, 2.75) is 0 Å². The van der Waals surface area contributed by atoms with E-state index in [2.05, 4.69) is 0 Å². The molecule has 2 rings (SSSR count). The summed E-state index contributed by atoms with van der Waals surface area (Å²) in [4.78, 5) is 10.8. The zero-order valence-corrected chi connectivity index (χ0v) is 10.5. The van der Waals surface area contributed by atoms with E-state index in [1.165, 1.54) is 18.2 Å². The SMILES string of the molecule is O=Cc1c(F)cccc1Oc1cccc(Cl)c1Cl. The first-order valence-electron chi connectivity index (χ1n) is 4.99. The molecule has 0 bridgehead atoms. The standard InChI is InChI=1S/C13H7Cl2FO2/c14-9-3-1-6-12(13(9)15)18-11-5-2-4-10(16)8(11)7-17/h1-7H. The molecule has 0 aromatic heterocycles. The van der Waals surface area contributed by atoms with Crippen molar-refractivity contribution in [1.29, 1.82) is 0 Å². The molecule has 0 atom stereocenters. The number of ether oxygens (including phenoxy) is 1. The Morgan fingerprint density at radius 2 is 1.72 bits per heavy atom. The third-order valence-electron chi connectivity index (χ3n) is 2.27. The van der Waals surface area contributed by atoms with E-state index in [4.69, 9.17) is 27.9 Å². The second kappa shape index (κ2) is 5.38. The predicted molar refractivity (Wildman–Crippen MR) is 68.3 cm³/mol. The fourth-order valence-corrected chi connectivity index (χ4v) is 1.73. The lowest BCUT2D eigenvalue weighted by molar-refractivity contribution is 0.111. The summed E-state index contributed by atoms with van der Waals surface area (Å²) in [5.74, 6) is -0.298. The van der Waals surface area contributed by atoms with Crippen LogP contribution in [0, 0.1) is 5.82 Å². The molecule has 0 amide bonds. The molecule has 0 heterocycles. The Labute approximate surface area is 113 Å². The van der Waals surface area contributed by atoms with Gasteiger partial charge in [-0.05, 0) is 24.3 Å². The van der Waals surface area contributed by atoms with E-state index < -0.39 is 5.82 Å². The van der Waals surface area contributed by atoms with Gasteiger partial charge in [0.2, 0.25) is 0 Å². The van der Waals surface area contributed by atoms with E-state index in [1.54, 1.807) is 18.2 Å². The van der Waals surface area contributed by atoms with E-state index in [-0.39, 0.29) is 22.1 Å². The summed E-state index contributed by atoms with van der Waals surface area (Å²) in [6.45, 7) is 0. The Hall–Kier alpha value is -1.58. The summed E-state index contributed by atoms with van der Waals surface area (Å²) < 4.78 is 18.8. The molecule has 0 unspecified atom stereocenters. The molecule has 0 radical (unpaired) electrons. The van der Waals surface area contributed by atoms with E-state index in [9.17, 15) is 9.18 Å². The maximum Gasteiger partial charge on any atom is 0.156 e. The number of carbonyl (C=O) groups excluding carboxylic acids is 1. The minimum absolute atomic E-state index is 0.0918. The van der Waals surface area contributed by atoms with E-state index in [0.29, 0.717) is 11.3 Å². The van der Waals surface area contributed by atoms with Gasteiger partial charge < -0.3 is 4.74 Å². The van der Waals surface area contributed by atoms with Crippen molar-refractivity contribution in [3.8, 4) is 11.5 Å². The van der Waals surface area contributed by atoms with Crippen LogP contribution in [0.5, 0.6) is 11.5 Å². The van der Waals surface area contributed by atoms with Crippen LogP contribution in [0.4, 0.5) is 4.39 Å². The zero-order chi connectivity index (χ0) is 13.1. The summed E-state index contributed by atoms with van der Waals surface area (Å²) in [6, 6.07) is 8.91. The van der Waals surface area contributed by atoms with Crippen LogP contribution in [-0.2, 0) is 0 Å². The van der Waals surface area contributed by atoms with Crippen molar-refractivity contribution >= 4 is 29.5 Å². The smallest absolute Gasteiger partial charge is 0.156 e. The Kier molecular flexibility index (Phi) is 3.84. The maximum atomic E-state index is 13.4. The minimum Gasteiger partial charge on any atom is -0.455 e. The van der Waals surface area contributed by atoms with Gasteiger partial charge in [0, 0.05) is 0 Å². The van der Waals surface area contributed by atoms with Crippen LogP contribution < -0.4 is 4.74 Å². The third kappa shape index (κ3) is 2.47. The molecule has 0 aliphatic heterocycles. The summed E-state index contributed by atoms with van der Waals surface area (Å²) in [5, 5.41) is 0.526. The monoisotopic (exact) mass is 284 g/mol. The maximum absolute atomic E-state index is 13.4. The number of hydrogen-bond donors (Lipinski definition) is 0. The van der Waals surface area contributed by atoms with Gasteiger partial charge in [-0.2, -0.15) is 0 Å². The van der Waals surface area contributed by atoms with Gasteiger partial charge in [0.15, 0.2) is 6.29 Å². The quantitative estimate of drug-likeness (QED) is 0.761. The molecule has 5 heteroatoms. The lowest BCUT2D eigenvalue weighted by Gasteiger charge is -2.10. The number of hydrogen-bond acceptors (Lipinski definition) is 2. The molecule has 0 fully saturated rings. The third-order valence-corrected chi connectivity index (χ3v) is 3.07. The first kappa shape index (κ1) is 12.9. The summed E-state index contributed by atoms with van der Waals surface area (Å²) in [6.07, 6.45) is 0.392. The highest BCUT2D eigenvalue weighted by Crippen LogP contribution is 2.35. The zero-order valence-electron chi connectivity index (χ0n) is 8.99. The Bertz CT molecular complexity index is 600. The highest BCUT2D eigenvalue weighted by atomic mass is 35.5. The normalized spacial score (nSPS) is 10.2. The largest absolute Gasteiger partial charge is 0.455 e. The van der Waals surface area contributed by atoms with Gasteiger partial charge in [-0.3, -0.25) is 4.79 Å². The van der Waals surface area contributed by atoms with Crippen LogP contribution >= 0.6 is 23.2 Å². The molecule has 0 spiro atoms. The average Bonchev–Trinajstić information content (AvgIpc) is 2.35. The van der Waals surface area contributed by atoms with Crippen molar-refractivity contribution in [2.24, 2.45) is 0 Å². The summed E-state index contributed by atoms with van der Waals surface area (Å²) in [7, 11) is 0. The van der Waals surface area contributed by atoms with Crippen LogP contribution in [0.3, 0.4) is 0 Å². The van der Waals surface area contributed by atoms with E-state index in [1.807, 2.05) is 0 Å². The van der Waals surface area contributed by atoms with Crippen molar-refractivity contribution in [1.82, 2.24) is 0 Å². The van der Waals surface area contributed by atoms with Crippen LogP contribution in [0.2, 0.25) is 10.0 Å². The molecule has 0 aliphatic carbocycles. The van der Waals surface area contributed by atoms with Crippen LogP contribution in [-0.4, -0.2) is 6.29 Å². The van der Waals surface area contributed by atoms with Crippen LogP contribution in [0.25, 0.3) is 0 Å². The fourth-order valence-electron chi connectivity index (χ4n) is 1.40. The van der Waals surface area contributed by atoms with Crippen molar-refractivity contribution in [2.75, 3.05) is 0 Å². The lowest BCUT2D eigenvalue weighted by atomic mass is 10.2.